The van der Waals surface area contributed by atoms with Crippen LogP contribution in [0.3, 0.4) is 0 Å². The molecule has 8 nitrogen and oxygen atoms in total. The van der Waals surface area contributed by atoms with Crippen molar-refractivity contribution < 1.29 is 40.2 Å². The molecule has 0 radical (unpaired) electrons. The van der Waals surface area contributed by atoms with Gasteiger partial charge >= 0.3 is 12.3 Å². The summed E-state index contributed by atoms with van der Waals surface area (Å²) in [6.45, 7) is 2.73. The van der Waals surface area contributed by atoms with Crippen LogP contribution >= 0.6 is 0 Å². The Kier molecular flexibility index (Phi) is 26.6. The molecule has 5 N–H and O–H groups in total. The molecular weight excluding hydrogens is 272 g/mol. The molecule has 0 aromatic carbocycles. The zero-order valence-electron chi connectivity index (χ0n) is 11.8. The van der Waals surface area contributed by atoms with E-state index in [1.807, 2.05) is 0 Å². The van der Waals surface area contributed by atoms with Crippen molar-refractivity contribution in [2.75, 3.05) is 6.61 Å². The summed E-state index contributed by atoms with van der Waals surface area (Å²) in [6, 6.07) is 0. The second-order valence-electron chi connectivity index (χ2n) is 3.87. The maximum Gasteiger partial charge on any atom is 0.503 e. The highest BCUT2D eigenvalue weighted by molar-refractivity contribution is 5.53. The number of hydrogen-bond donors (Lipinski definition) is 5. The minimum atomic E-state index is -1.83. The van der Waals surface area contributed by atoms with Crippen molar-refractivity contribution in [1.29, 1.82) is 0 Å². The van der Waals surface area contributed by atoms with E-state index in [1.54, 1.807) is 0 Å². The SMILES string of the molecule is CCCCCCCCCCOO.O=C(O)O.O=C(O)O. The largest absolute Gasteiger partial charge is 0.503 e. The number of carbonyl (C=O) groups is 2. The van der Waals surface area contributed by atoms with Gasteiger partial charge in [-0.05, 0) is 6.42 Å². The molecule has 0 heterocycles. The third kappa shape index (κ3) is 70.7. The summed E-state index contributed by atoms with van der Waals surface area (Å²) in [4.78, 5) is 21.1. The van der Waals surface area contributed by atoms with Gasteiger partial charge in [0.2, 0.25) is 0 Å². The Labute approximate surface area is 118 Å². The van der Waals surface area contributed by atoms with Crippen molar-refractivity contribution in [1.82, 2.24) is 0 Å². The van der Waals surface area contributed by atoms with E-state index in [0.717, 1.165) is 6.42 Å². The lowest BCUT2D eigenvalue weighted by Gasteiger charge is -1.99. The molecule has 0 aliphatic carbocycles. The van der Waals surface area contributed by atoms with Crippen LogP contribution in [0.1, 0.15) is 58.3 Å². The van der Waals surface area contributed by atoms with Crippen molar-refractivity contribution >= 4 is 12.3 Å². The number of hydrogen-bond acceptors (Lipinski definition) is 4. The Morgan fingerprint density at radius 2 is 1.05 bits per heavy atom. The number of rotatable bonds is 9. The maximum absolute atomic E-state index is 8.56. The van der Waals surface area contributed by atoms with Crippen molar-refractivity contribution in [3.05, 3.63) is 0 Å². The number of carboxylic acid groups (broad SMARTS) is 4. The molecule has 0 aliphatic rings. The first kappa shape index (κ1) is 23.5. The highest BCUT2D eigenvalue weighted by Gasteiger charge is 1.90. The summed E-state index contributed by atoms with van der Waals surface area (Å²) >= 11 is 0. The van der Waals surface area contributed by atoms with Crippen molar-refractivity contribution in [3.63, 3.8) is 0 Å². The first-order valence-corrected chi connectivity index (χ1v) is 6.48. The van der Waals surface area contributed by atoms with Crippen LogP contribution in [0.25, 0.3) is 0 Å². The second-order valence-corrected chi connectivity index (χ2v) is 3.87. The topological polar surface area (TPSA) is 145 Å². The molecule has 0 fully saturated rings. The fourth-order valence-electron chi connectivity index (χ4n) is 1.30. The highest BCUT2D eigenvalue weighted by Crippen LogP contribution is 2.07. The van der Waals surface area contributed by atoms with Gasteiger partial charge in [0.05, 0.1) is 6.61 Å². The lowest BCUT2D eigenvalue weighted by molar-refractivity contribution is -0.242. The zero-order chi connectivity index (χ0) is 16.2. The van der Waals surface area contributed by atoms with Gasteiger partial charge in [0.1, 0.15) is 0 Å². The van der Waals surface area contributed by atoms with Gasteiger partial charge in [0, 0.05) is 0 Å². The van der Waals surface area contributed by atoms with Gasteiger partial charge in [-0.1, -0.05) is 51.9 Å². The van der Waals surface area contributed by atoms with Gasteiger partial charge < -0.3 is 20.4 Å². The molecule has 0 aromatic heterocycles. The Morgan fingerprint density at radius 3 is 1.35 bits per heavy atom. The Bertz CT molecular complexity index is 178. The molecule has 0 spiro atoms. The minimum Gasteiger partial charge on any atom is -0.450 e. The predicted molar refractivity (Wildman–Crippen MR) is 72.5 cm³/mol. The third-order valence-electron chi connectivity index (χ3n) is 2.09. The van der Waals surface area contributed by atoms with E-state index in [0.29, 0.717) is 6.61 Å². The molecular formula is C12H26O8. The zero-order valence-corrected chi connectivity index (χ0v) is 11.8. The summed E-state index contributed by atoms with van der Waals surface area (Å²) < 4.78 is 0. The second kappa shape index (κ2) is 22.6. The van der Waals surface area contributed by atoms with Crippen molar-refractivity contribution in [3.8, 4) is 0 Å². The van der Waals surface area contributed by atoms with Gasteiger partial charge in [0.15, 0.2) is 0 Å². The smallest absolute Gasteiger partial charge is 0.450 e. The van der Waals surface area contributed by atoms with Crippen LogP contribution in [-0.4, -0.2) is 44.6 Å². The molecule has 0 saturated carbocycles. The molecule has 0 atom stereocenters. The van der Waals surface area contributed by atoms with Gasteiger partial charge in [-0.2, -0.15) is 0 Å². The van der Waals surface area contributed by atoms with E-state index in [4.69, 9.17) is 35.3 Å². The van der Waals surface area contributed by atoms with E-state index in [-0.39, 0.29) is 0 Å². The Balaban J connectivity index is -0.000000297. The van der Waals surface area contributed by atoms with E-state index in [2.05, 4.69) is 11.8 Å². The van der Waals surface area contributed by atoms with E-state index in [1.165, 1.54) is 44.9 Å². The molecule has 0 aromatic rings. The first-order valence-electron chi connectivity index (χ1n) is 6.48. The van der Waals surface area contributed by atoms with Crippen LogP contribution in [0.4, 0.5) is 9.59 Å². The monoisotopic (exact) mass is 298 g/mol. The summed E-state index contributed by atoms with van der Waals surface area (Å²) in [7, 11) is 0. The van der Waals surface area contributed by atoms with E-state index >= 15 is 0 Å². The molecule has 0 bridgehead atoms. The van der Waals surface area contributed by atoms with Crippen LogP contribution < -0.4 is 0 Å². The molecule has 0 amide bonds. The van der Waals surface area contributed by atoms with Crippen LogP contribution in [0.5, 0.6) is 0 Å². The predicted octanol–water partition coefficient (Wildman–Crippen LogP) is 4.06. The highest BCUT2D eigenvalue weighted by atomic mass is 17.1. The maximum atomic E-state index is 8.56. The first-order chi connectivity index (χ1) is 9.38. The molecule has 0 unspecified atom stereocenters. The van der Waals surface area contributed by atoms with Gasteiger partial charge in [-0.3, -0.25) is 5.26 Å². The molecule has 0 saturated heterocycles. The molecule has 122 valence electrons. The van der Waals surface area contributed by atoms with Gasteiger partial charge in [-0.15, -0.1) is 0 Å². The Hall–Kier alpha value is -1.54. The standard InChI is InChI=1S/C10H22O2.2CH2O3/c1-2-3-4-5-6-7-8-9-10-12-11;2*2-1(3)4/h11H,2-10H2,1H3;2*(H2,2,3,4). The van der Waals surface area contributed by atoms with E-state index < -0.39 is 12.3 Å². The van der Waals surface area contributed by atoms with Crippen LogP contribution in [-0.2, 0) is 4.89 Å². The molecule has 20 heavy (non-hydrogen) atoms. The fourth-order valence-corrected chi connectivity index (χ4v) is 1.30. The average Bonchev–Trinajstić information content (AvgIpc) is 2.31. The third-order valence-corrected chi connectivity index (χ3v) is 2.09. The number of unbranched alkanes of at least 4 members (excludes halogenated alkanes) is 7. The Morgan fingerprint density at radius 1 is 0.750 bits per heavy atom. The fraction of sp³-hybridized carbons (Fsp3) is 0.833. The summed E-state index contributed by atoms with van der Waals surface area (Å²) in [6.07, 6.45) is 6.58. The molecule has 0 aliphatic heterocycles. The minimum absolute atomic E-state index is 0.495. The van der Waals surface area contributed by atoms with Crippen molar-refractivity contribution in [2.24, 2.45) is 0 Å². The lowest BCUT2D eigenvalue weighted by Crippen LogP contribution is -1.88. The lowest BCUT2D eigenvalue weighted by atomic mass is 10.1. The normalized spacial score (nSPS) is 8.70. The average molecular weight is 298 g/mol. The van der Waals surface area contributed by atoms with Crippen LogP contribution in [0, 0.1) is 0 Å². The summed E-state index contributed by atoms with van der Waals surface area (Å²) in [5.74, 6) is 0. The summed E-state index contributed by atoms with van der Waals surface area (Å²) in [5.41, 5.74) is 0. The summed E-state index contributed by atoms with van der Waals surface area (Å²) in [5, 5.41) is 35.9. The van der Waals surface area contributed by atoms with Gasteiger partial charge in [-0.25, -0.2) is 14.5 Å². The molecule has 8 heteroatoms. The quantitative estimate of drug-likeness (QED) is 0.243. The van der Waals surface area contributed by atoms with Gasteiger partial charge in [0.25, 0.3) is 0 Å². The van der Waals surface area contributed by atoms with Crippen LogP contribution in [0.15, 0.2) is 0 Å². The van der Waals surface area contributed by atoms with E-state index in [9.17, 15) is 0 Å². The van der Waals surface area contributed by atoms with Crippen molar-refractivity contribution in [2.45, 2.75) is 58.3 Å². The van der Waals surface area contributed by atoms with Crippen LogP contribution in [0.2, 0.25) is 0 Å². The molecule has 0 rings (SSSR count).